The van der Waals surface area contributed by atoms with Crippen molar-refractivity contribution in [2.75, 3.05) is 0 Å². The highest BCUT2D eigenvalue weighted by atomic mass is 16.5. The number of aromatic nitrogens is 2. The summed E-state index contributed by atoms with van der Waals surface area (Å²) in [6.45, 7) is 2.29. The lowest BCUT2D eigenvalue weighted by Gasteiger charge is -2.12. The molecule has 0 aliphatic rings. The molecule has 94 valence electrons. The third-order valence-corrected chi connectivity index (χ3v) is 2.74. The second-order valence-electron chi connectivity index (χ2n) is 4.21. The van der Waals surface area contributed by atoms with Crippen LogP contribution in [0.1, 0.15) is 24.9 Å². The van der Waals surface area contributed by atoms with E-state index < -0.39 is 0 Å². The highest BCUT2D eigenvalue weighted by Crippen LogP contribution is 2.11. The topological polar surface area (TPSA) is 44.1 Å². The average Bonchev–Trinajstić information content (AvgIpc) is 2.91. The lowest BCUT2D eigenvalue weighted by atomic mass is 10.2. The van der Waals surface area contributed by atoms with Crippen LogP contribution in [0.5, 0.6) is 0 Å². The fourth-order valence-corrected chi connectivity index (χ4v) is 1.67. The number of benzene rings is 1. The van der Waals surface area contributed by atoms with E-state index in [-0.39, 0.29) is 12.0 Å². The molecule has 0 radical (unpaired) electrons. The first kappa shape index (κ1) is 12.4. The summed E-state index contributed by atoms with van der Waals surface area (Å²) in [7, 11) is 0. The molecule has 1 aromatic heterocycles. The van der Waals surface area contributed by atoms with E-state index in [2.05, 4.69) is 4.98 Å². The van der Waals surface area contributed by atoms with E-state index in [0.717, 1.165) is 5.56 Å². The maximum atomic E-state index is 11.7. The first-order chi connectivity index (χ1) is 8.75. The van der Waals surface area contributed by atoms with Gasteiger partial charge in [-0.3, -0.25) is 4.79 Å². The molecular weight excluding hydrogens is 228 g/mol. The monoisotopic (exact) mass is 244 g/mol. The summed E-state index contributed by atoms with van der Waals surface area (Å²) in [6.07, 6.45) is 5.60. The average molecular weight is 244 g/mol. The van der Waals surface area contributed by atoms with Gasteiger partial charge in [-0.05, 0) is 12.5 Å². The molecule has 0 aliphatic carbocycles. The predicted molar refractivity (Wildman–Crippen MR) is 67.8 cm³/mol. The quantitative estimate of drug-likeness (QED) is 0.759. The smallest absolute Gasteiger partial charge is 0.308 e. The Morgan fingerprint density at radius 1 is 1.39 bits per heavy atom. The Bertz CT molecular complexity index is 480. The summed E-state index contributed by atoms with van der Waals surface area (Å²) < 4.78 is 7.12. The molecule has 4 nitrogen and oxygen atoms in total. The molecule has 2 rings (SSSR count). The number of esters is 1. The van der Waals surface area contributed by atoms with Crippen LogP contribution < -0.4 is 0 Å². The first-order valence-electron chi connectivity index (χ1n) is 5.92. The van der Waals surface area contributed by atoms with Gasteiger partial charge < -0.3 is 9.30 Å². The molecule has 0 spiro atoms. The normalized spacial score (nSPS) is 12.1. The molecule has 0 amide bonds. The number of ether oxygens (including phenoxy) is 1. The van der Waals surface area contributed by atoms with Crippen molar-refractivity contribution in [3.8, 4) is 0 Å². The summed E-state index contributed by atoms with van der Waals surface area (Å²) in [4.78, 5) is 15.6. The van der Waals surface area contributed by atoms with Crippen molar-refractivity contribution in [2.45, 2.75) is 26.0 Å². The zero-order chi connectivity index (χ0) is 12.8. The molecule has 0 saturated heterocycles. The highest BCUT2D eigenvalue weighted by Gasteiger charge is 2.11. The van der Waals surface area contributed by atoms with Crippen molar-refractivity contribution in [3.05, 3.63) is 54.6 Å². The minimum absolute atomic E-state index is 0.0655. The molecule has 4 heteroatoms. The largest absolute Gasteiger partial charge is 0.461 e. The van der Waals surface area contributed by atoms with Crippen LogP contribution in [0.2, 0.25) is 0 Å². The van der Waals surface area contributed by atoms with Crippen molar-refractivity contribution >= 4 is 5.97 Å². The minimum atomic E-state index is -0.194. The lowest BCUT2D eigenvalue weighted by molar-refractivity contribution is -0.145. The molecule has 1 heterocycles. The van der Waals surface area contributed by atoms with Crippen molar-refractivity contribution in [1.82, 2.24) is 9.55 Å². The lowest BCUT2D eigenvalue weighted by Crippen LogP contribution is -2.12. The zero-order valence-electron chi connectivity index (χ0n) is 10.3. The van der Waals surface area contributed by atoms with Crippen LogP contribution in [0.15, 0.2) is 49.1 Å². The van der Waals surface area contributed by atoms with Crippen LogP contribution in [0.25, 0.3) is 0 Å². The van der Waals surface area contributed by atoms with Crippen LogP contribution >= 0.6 is 0 Å². The number of carbonyl (C=O) groups is 1. The molecule has 1 atom stereocenters. The Morgan fingerprint density at radius 3 is 2.83 bits per heavy atom. The van der Waals surface area contributed by atoms with E-state index in [9.17, 15) is 4.79 Å². The molecular formula is C14H16N2O2. The van der Waals surface area contributed by atoms with Gasteiger partial charge >= 0.3 is 5.97 Å². The third-order valence-electron chi connectivity index (χ3n) is 2.74. The van der Waals surface area contributed by atoms with Crippen LogP contribution in [0, 0.1) is 0 Å². The van der Waals surface area contributed by atoms with Gasteiger partial charge in [-0.15, -0.1) is 0 Å². The van der Waals surface area contributed by atoms with Crippen molar-refractivity contribution in [1.29, 1.82) is 0 Å². The molecule has 0 bridgehead atoms. The van der Waals surface area contributed by atoms with Crippen molar-refractivity contribution < 1.29 is 9.53 Å². The maximum absolute atomic E-state index is 11.7. The van der Waals surface area contributed by atoms with Gasteiger partial charge in [-0.2, -0.15) is 0 Å². The van der Waals surface area contributed by atoms with Gasteiger partial charge in [-0.25, -0.2) is 4.98 Å². The molecule has 0 N–H and O–H groups in total. The van der Waals surface area contributed by atoms with Gasteiger partial charge in [0.15, 0.2) is 0 Å². The second kappa shape index (κ2) is 6.00. The minimum Gasteiger partial charge on any atom is -0.461 e. The maximum Gasteiger partial charge on any atom is 0.308 e. The predicted octanol–water partition coefficient (Wildman–Crippen LogP) is 2.58. The summed E-state index contributed by atoms with van der Waals surface area (Å²) in [5, 5.41) is 0. The highest BCUT2D eigenvalue weighted by molar-refractivity contribution is 5.69. The van der Waals surface area contributed by atoms with Gasteiger partial charge in [0.2, 0.25) is 0 Å². The molecule has 0 aliphatic heterocycles. The number of imidazole rings is 1. The van der Waals surface area contributed by atoms with E-state index in [0.29, 0.717) is 13.0 Å². The van der Waals surface area contributed by atoms with Crippen LogP contribution in [-0.2, 0) is 16.1 Å². The standard InChI is InChI=1S/C14H16N2O2/c1-12(16-8-7-15-11-16)9-14(17)18-10-13-5-3-2-4-6-13/h2-8,11-12H,9-10H2,1H3/t12-/m1/s1. The number of nitrogens with zero attached hydrogens (tertiary/aromatic N) is 2. The van der Waals surface area contributed by atoms with Gasteiger partial charge in [0.1, 0.15) is 6.61 Å². The van der Waals surface area contributed by atoms with E-state index in [1.54, 1.807) is 12.5 Å². The molecule has 2 aromatic rings. The summed E-state index contributed by atoms with van der Waals surface area (Å²) in [5.74, 6) is -0.194. The summed E-state index contributed by atoms with van der Waals surface area (Å²) >= 11 is 0. The Kier molecular flexibility index (Phi) is 4.12. The van der Waals surface area contributed by atoms with E-state index in [1.165, 1.54) is 0 Å². The van der Waals surface area contributed by atoms with Gasteiger partial charge in [-0.1, -0.05) is 30.3 Å². The fraction of sp³-hybridized carbons (Fsp3) is 0.286. The fourth-order valence-electron chi connectivity index (χ4n) is 1.67. The van der Waals surface area contributed by atoms with Gasteiger partial charge in [0.25, 0.3) is 0 Å². The molecule has 0 saturated carbocycles. The Labute approximate surface area is 106 Å². The number of rotatable bonds is 5. The van der Waals surface area contributed by atoms with Gasteiger partial charge in [0, 0.05) is 18.4 Å². The van der Waals surface area contributed by atoms with Crippen LogP contribution in [0.3, 0.4) is 0 Å². The van der Waals surface area contributed by atoms with Gasteiger partial charge in [0.05, 0.1) is 12.7 Å². The molecule has 0 fully saturated rings. The Hall–Kier alpha value is -2.10. The van der Waals surface area contributed by atoms with Crippen molar-refractivity contribution in [2.24, 2.45) is 0 Å². The molecule has 1 aromatic carbocycles. The summed E-state index contributed by atoms with van der Waals surface area (Å²) in [6, 6.07) is 9.73. The van der Waals surface area contributed by atoms with E-state index in [4.69, 9.17) is 4.74 Å². The zero-order valence-corrected chi connectivity index (χ0v) is 10.3. The van der Waals surface area contributed by atoms with Crippen LogP contribution in [-0.4, -0.2) is 15.5 Å². The molecule has 0 unspecified atom stereocenters. The van der Waals surface area contributed by atoms with Crippen LogP contribution in [0.4, 0.5) is 0 Å². The molecule has 18 heavy (non-hydrogen) atoms. The Morgan fingerprint density at radius 2 is 2.17 bits per heavy atom. The van der Waals surface area contributed by atoms with E-state index >= 15 is 0 Å². The number of carbonyl (C=O) groups excluding carboxylic acids is 1. The van der Waals surface area contributed by atoms with Crippen molar-refractivity contribution in [3.63, 3.8) is 0 Å². The Balaban J connectivity index is 1.79. The second-order valence-corrected chi connectivity index (χ2v) is 4.21. The first-order valence-corrected chi connectivity index (χ1v) is 5.92. The van der Waals surface area contributed by atoms with E-state index in [1.807, 2.05) is 48.0 Å². The summed E-state index contributed by atoms with van der Waals surface area (Å²) in [5.41, 5.74) is 1.00. The number of hydrogen-bond acceptors (Lipinski definition) is 3. The third kappa shape index (κ3) is 3.45. The number of hydrogen-bond donors (Lipinski definition) is 0. The SMILES string of the molecule is C[C@H](CC(=O)OCc1ccccc1)n1ccnc1.